The van der Waals surface area contributed by atoms with Crippen molar-refractivity contribution in [1.82, 2.24) is 5.32 Å². The van der Waals surface area contributed by atoms with E-state index in [0.717, 1.165) is 24.1 Å². The first-order valence-corrected chi connectivity index (χ1v) is 5.54. The minimum atomic E-state index is -0.190. The Morgan fingerprint density at radius 3 is 2.87 bits per heavy atom. The predicted octanol–water partition coefficient (Wildman–Crippen LogP) is 2.36. The zero-order valence-electron chi connectivity index (χ0n) is 9.67. The van der Waals surface area contributed by atoms with Crippen LogP contribution in [0.15, 0.2) is 23.5 Å². The fourth-order valence-electron chi connectivity index (χ4n) is 1.72. The van der Waals surface area contributed by atoms with E-state index < -0.39 is 0 Å². The van der Waals surface area contributed by atoms with Crippen LogP contribution in [-0.4, -0.2) is 12.6 Å². The van der Waals surface area contributed by atoms with Crippen LogP contribution in [0.25, 0.3) is 0 Å². The summed E-state index contributed by atoms with van der Waals surface area (Å²) in [5.74, 6) is -0.0443. The van der Waals surface area contributed by atoms with Crippen LogP contribution in [0.1, 0.15) is 33.6 Å². The van der Waals surface area contributed by atoms with Gasteiger partial charge in [0.15, 0.2) is 0 Å². The topological polar surface area (TPSA) is 38.3 Å². The van der Waals surface area contributed by atoms with Crippen molar-refractivity contribution >= 4 is 5.97 Å². The number of hydrogen-bond acceptors (Lipinski definition) is 3. The lowest BCUT2D eigenvalue weighted by Crippen LogP contribution is -2.23. The zero-order valence-corrected chi connectivity index (χ0v) is 9.67. The van der Waals surface area contributed by atoms with E-state index in [-0.39, 0.29) is 11.9 Å². The van der Waals surface area contributed by atoms with Gasteiger partial charge in [-0.25, -0.2) is 4.79 Å². The maximum Gasteiger partial charge on any atom is 0.336 e. The van der Waals surface area contributed by atoms with Crippen molar-refractivity contribution in [2.75, 3.05) is 6.61 Å². The summed E-state index contributed by atoms with van der Waals surface area (Å²) in [6, 6.07) is 0. The smallest absolute Gasteiger partial charge is 0.336 e. The molecular formula is C12H19NO2. The molecule has 84 valence electrons. The number of hydrogen-bond donors (Lipinski definition) is 1. The quantitative estimate of drug-likeness (QED) is 0.722. The third-order valence-electron chi connectivity index (χ3n) is 2.42. The lowest BCUT2D eigenvalue weighted by Gasteiger charge is -2.21. The SMILES string of the molecule is CCCC1=C(C(=O)OCC)C(C)C=CN1. The molecule has 1 aliphatic rings. The summed E-state index contributed by atoms with van der Waals surface area (Å²) in [7, 11) is 0. The second-order valence-corrected chi connectivity index (χ2v) is 3.65. The van der Waals surface area contributed by atoms with Gasteiger partial charge in [0.25, 0.3) is 0 Å². The van der Waals surface area contributed by atoms with Crippen LogP contribution in [0.3, 0.4) is 0 Å². The highest BCUT2D eigenvalue weighted by Gasteiger charge is 2.22. The Labute approximate surface area is 91.2 Å². The lowest BCUT2D eigenvalue weighted by atomic mass is 9.95. The molecular weight excluding hydrogens is 190 g/mol. The molecule has 0 aromatic carbocycles. The Hall–Kier alpha value is -1.25. The van der Waals surface area contributed by atoms with Crippen molar-refractivity contribution in [2.45, 2.75) is 33.6 Å². The molecule has 15 heavy (non-hydrogen) atoms. The number of rotatable bonds is 4. The summed E-state index contributed by atoms with van der Waals surface area (Å²) in [5.41, 5.74) is 1.78. The Bertz CT molecular complexity index is 292. The summed E-state index contributed by atoms with van der Waals surface area (Å²) in [4.78, 5) is 11.7. The van der Waals surface area contributed by atoms with E-state index in [2.05, 4.69) is 12.2 Å². The number of esters is 1. The summed E-state index contributed by atoms with van der Waals surface area (Å²) in [5, 5.41) is 3.14. The van der Waals surface area contributed by atoms with Gasteiger partial charge in [0.05, 0.1) is 12.2 Å². The second kappa shape index (κ2) is 5.59. The molecule has 1 N–H and O–H groups in total. The summed E-state index contributed by atoms with van der Waals surface area (Å²) < 4.78 is 5.06. The van der Waals surface area contributed by atoms with Crippen molar-refractivity contribution in [3.63, 3.8) is 0 Å². The van der Waals surface area contributed by atoms with Crippen LogP contribution in [0.5, 0.6) is 0 Å². The fraction of sp³-hybridized carbons (Fsp3) is 0.583. The summed E-state index contributed by atoms with van der Waals surface area (Å²) >= 11 is 0. The first-order chi connectivity index (χ1) is 7.20. The Balaban J connectivity index is 2.88. The van der Waals surface area contributed by atoms with Gasteiger partial charge in [-0.05, 0) is 19.5 Å². The molecule has 0 amide bonds. The number of carbonyl (C=O) groups excluding carboxylic acids is 1. The average Bonchev–Trinajstić information content (AvgIpc) is 2.18. The highest BCUT2D eigenvalue weighted by molar-refractivity contribution is 5.90. The van der Waals surface area contributed by atoms with E-state index in [0.29, 0.717) is 6.61 Å². The predicted molar refractivity (Wildman–Crippen MR) is 60.0 cm³/mol. The zero-order chi connectivity index (χ0) is 11.3. The first kappa shape index (κ1) is 11.8. The van der Waals surface area contributed by atoms with Gasteiger partial charge in [0.1, 0.15) is 0 Å². The van der Waals surface area contributed by atoms with Gasteiger partial charge in [0, 0.05) is 11.6 Å². The normalized spacial score (nSPS) is 20.1. The molecule has 1 heterocycles. The van der Waals surface area contributed by atoms with Gasteiger partial charge in [-0.15, -0.1) is 0 Å². The molecule has 0 radical (unpaired) electrons. The van der Waals surface area contributed by atoms with Crippen molar-refractivity contribution in [3.05, 3.63) is 23.5 Å². The third-order valence-corrected chi connectivity index (χ3v) is 2.42. The number of carbonyl (C=O) groups is 1. The molecule has 0 aromatic heterocycles. The molecule has 1 rings (SSSR count). The molecule has 0 saturated carbocycles. The van der Waals surface area contributed by atoms with E-state index in [4.69, 9.17) is 4.74 Å². The van der Waals surface area contributed by atoms with Gasteiger partial charge in [0.2, 0.25) is 0 Å². The molecule has 1 unspecified atom stereocenters. The minimum Gasteiger partial charge on any atom is -0.463 e. The molecule has 0 bridgehead atoms. The van der Waals surface area contributed by atoms with E-state index in [9.17, 15) is 4.79 Å². The van der Waals surface area contributed by atoms with Crippen molar-refractivity contribution in [1.29, 1.82) is 0 Å². The minimum absolute atomic E-state index is 0.145. The second-order valence-electron chi connectivity index (χ2n) is 3.65. The van der Waals surface area contributed by atoms with Gasteiger partial charge in [-0.2, -0.15) is 0 Å². The first-order valence-electron chi connectivity index (χ1n) is 5.54. The van der Waals surface area contributed by atoms with Crippen molar-refractivity contribution in [3.8, 4) is 0 Å². The highest BCUT2D eigenvalue weighted by atomic mass is 16.5. The average molecular weight is 209 g/mol. The molecule has 0 aliphatic carbocycles. The van der Waals surface area contributed by atoms with E-state index in [1.807, 2.05) is 26.1 Å². The molecule has 0 aromatic rings. The highest BCUT2D eigenvalue weighted by Crippen LogP contribution is 2.23. The van der Waals surface area contributed by atoms with Crippen LogP contribution in [0.4, 0.5) is 0 Å². The molecule has 1 aliphatic heterocycles. The van der Waals surface area contributed by atoms with Gasteiger partial charge in [-0.3, -0.25) is 0 Å². The molecule has 0 saturated heterocycles. The van der Waals surface area contributed by atoms with Gasteiger partial charge < -0.3 is 10.1 Å². The number of ether oxygens (including phenoxy) is 1. The number of dihydropyridines is 1. The van der Waals surface area contributed by atoms with Crippen LogP contribution < -0.4 is 5.32 Å². The van der Waals surface area contributed by atoms with Crippen LogP contribution in [0.2, 0.25) is 0 Å². The lowest BCUT2D eigenvalue weighted by molar-refractivity contribution is -0.139. The number of nitrogens with one attached hydrogen (secondary N) is 1. The monoisotopic (exact) mass is 209 g/mol. The van der Waals surface area contributed by atoms with Gasteiger partial charge in [-0.1, -0.05) is 26.3 Å². The van der Waals surface area contributed by atoms with Crippen LogP contribution in [0, 0.1) is 5.92 Å². The Morgan fingerprint density at radius 1 is 1.53 bits per heavy atom. The number of allylic oxidation sites excluding steroid dienone is 2. The van der Waals surface area contributed by atoms with Gasteiger partial charge >= 0.3 is 5.97 Å². The van der Waals surface area contributed by atoms with Crippen LogP contribution in [-0.2, 0) is 9.53 Å². The molecule has 3 nitrogen and oxygen atoms in total. The maximum atomic E-state index is 11.7. The Morgan fingerprint density at radius 2 is 2.27 bits per heavy atom. The van der Waals surface area contributed by atoms with Crippen molar-refractivity contribution in [2.24, 2.45) is 5.92 Å². The van der Waals surface area contributed by atoms with E-state index in [1.54, 1.807) is 0 Å². The third kappa shape index (κ3) is 2.85. The molecule has 0 spiro atoms. The standard InChI is InChI=1S/C12H19NO2/c1-4-6-10-11(12(14)15-5-2)9(3)7-8-13-10/h7-9,13H,4-6H2,1-3H3. The largest absolute Gasteiger partial charge is 0.463 e. The van der Waals surface area contributed by atoms with E-state index >= 15 is 0 Å². The van der Waals surface area contributed by atoms with E-state index in [1.165, 1.54) is 0 Å². The summed E-state index contributed by atoms with van der Waals surface area (Å²) in [6.07, 6.45) is 5.79. The maximum absolute atomic E-state index is 11.7. The fourth-order valence-corrected chi connectivity index (χ4v) is 1.72. The summed E-state index contributed by atoms with van der Waals surface area (Å²) in [6.45, 7) is 6.37. The molecule has 3 heteroatoms. The Kier molecular flexibility index (Phi) is 4.40. The van der Waals surface area contributed by atoms with Crippen LogP contribution >= 0.6 is 0 Å². The molecule has 0 fully saturated rings. The molecule has 1 atom stereocenters. The van der Waals surface area contributed by atoms with Crippen molar-refractivity contribution < 1.29 is 9.53 Å².